The summed E-state index contributed by atoms with van der Waals surface area (Å²) < 4.78 is 2.25. The molecule has 13 heavy (non-hydrogen) atoms. The van der Waals surface area contributed by atoms with Gasteiger partial charge in [0.1, 0.15) is 0 Å². The molecule has 0 aliphatic carbocycles. The predicted molar refractivity (Wildman–Crippen MR) is 51.4 cm³/mol. The highest BCUT2D eigenvalue weighted by Crippen LogP contribution is 2.19. The summed E-state index contributed by atoms with van der Waals surface area (Å²) in [4.78, 5) is 10.9. The van der Waals surface area contributed by atoms with Crippen LogP contribution in [0.15, 0.2) is 16.9 Å². The summed E-state index contributed by atoms with van der Waals surface area (Å²) >= 11 is 3.22. The summed E-state index contributed by atoms with van der Waals surface area (Å²) in [5.41, 5.74) is 0. The van der Waals surface area contributed by atoms with E-state index in [4.69, 9.17) is 5.11 Å². The average molecular weight is 247 g/mol. The minimum Gasteiger partial charge on any atom is -0.480 e. The smallest absolute Gasteiger partial charge is 0.328 e. The van der Waals surface area contributed by atoms with Crippen molar-refractivity contribution in [2.24, 2.45) is 5.92 Å². The number of halogens is 1. The van der Waals surface area contributed by atoms with Gasteiger partial charge in [-0.25, -0.2) is 4.79 Å². The first-order valence-electron chi connectivity index (χ1n) is 3.95. The van der Waals surface area contributed by atoms with Crippen molar-refractivity contribution in [2.45, 2.75) is 19.9 Å². The van der Waals surface area contributed by atoms with E-state index in [2.05, 4.69) is 21.0 Å². The number of aliphatic carboxylic acids is 1. The van der Waals surface area contributed by atoms with E-state index in [1.165, 1.54) is 4.68 Å². The molecule has 1 rings (SSSR count). The molecule has 1 aromatic heterocycles. The molecule has 5 heteroatoms. The second-order valence-corrected chi connectivity index (χ2v) is 4.08. The quantitative estimate of drug-likeness (QED) is 0.887. The molecule has 0 radical (unpaired) electrons. The largest absolute Gasteiger partial charge is 0.480 e. The number of carboxylic acids is 1. The molecule has 1 atom stereocenters. The Labute approximate surface area is 84.7 Å². The Bertz CT molecular complexity index is 309. The maximum absolute atomic E-state index is 10.9. The number of aromatic nitrogens is 2. The predicted octanol–water partition coefficient (Wildman–Crippen LogP) is 1.93. The summed E-state index contributed by atoms with van der Waals surface area (Å²) in [6, 6.07) is -0.591. The van der Waals surface area contributed by atoms with Gasteiger partial charge in [-0.05, 0) is 21.8 Å². The Morgan fingerprint density at radius 2 is 2.31 bits per heavy atom. The van der Waals surface area contributed by atoms with Crippen LogP contribution in [-0.2, 0) is 4.79 Å². The molecule has 0 fully saturated rings. The topological polar surface area (TPSA) is 55.1 Å². The number of hydrogen-bond donors (Lipinski definition) is 1. The van der Waals surface area contributed by atoms with Crippen LogP contribution >= 0.6 is 15.9 Å². The van der Waals surface area contributed by atoms with Gasteiger partial charge in [-0.3, -0.25) is 4.68 Å². The SMILES string of the molecule is CC(C)[C@@H](C(=O)O)n1cc(Br)cn1. The van der Waals surface area contributed by atoms with Crippen molar-refractivity contribution in [2.75, 3.05) is 0 Å². The van der Waals surface area contributed by atoms with E-state index in [0.717, 1.165) is 4.47 Å². The second-order valence-electron chi connectivity index (χ2n) is 3.17. The number of carbonyl (C=O) groups is 1. The Morgan fingerprint density at radius 3 is 2.62 bits per heavy atom. The van der Waals surface area contributed by atoms with Crippen molar-refractivity contribution in [3.63, 3.8) is 0 Å². The fraction of sp³-hybridized carbons (Fsp3) is 0.500. The van der Waals surface area contributed by atoms with Crippen LogP contribution in [0.2, 0.25) is 0 Å². The van der Waals surface area contributed by atoms with Gasteiger partial charge >= 0.3 is 5.97 Å². The lowest BCUT2D eigenvalue weighted by Gasteiger charge is -2.15. The van der Waals surface area contributed by atoms with E-state index >= 15 is 0 Å². The average Bonchev–Trinajstić information content (AvgIpc) is 2.34. The van der Waals surface area contributed by atoms with E-state index in [1.54, 1.807) is 12.4 Å². The van der Waals surface area contributed by atoms with Gasteiger partial charge in [0.2, 0.25) is 0 Å². The third-order valence-electron chi connectivity index (χ3n) is 1.74. The van der Waals surface area contributed by atoms with Gasteiger partial charge in [0.25, 0.3) is 0 Å². The molecule has 0 aromatic carbocycles. The lowest BCUT2D eigenvalue weighted by atomic mass is 10.1. The monoisotopic (exact) mass is 246 g/mol. The van der Waals surface area contributed by atoms with E-state index in [1.807, 2.05) is 13.8 Å². The van der Waals surface area contributed by atoms with Gasteiger partial charge in [-0.2, -0.15) is 5.10 Å². The Hall–Kier alpha value is -0.840. The molecule has 0 unspecified atom stereocenters. The Kier molecular flexibility index (Phi) is 3.08. The van der Waals surface area contributed by atoms with Gasteiger partial charge < -0.3 is 5.11 Å². The zero-order valence-corrected chi connectivity index (χ0v) is 9.02. The highest BCUT2D eigenvalue weighted by Gasteiger charge is 2.23. The van der Waals surface area contributed by atoms with E-state index in [0.29, 0.717) is 0 Å². The Morgan fingerprint density at radius 1 is 1.69 bits per heavy atom. The summed E-state index contributed by atoms with van der Waals surface area (Å²) in [6.45, 7) is 3.71. The summed E-state index contributed by atoms with van der Waals surface area (Å²) in [5.74, 6) is -0.838. The van der Waals surface area contributed by atoms with Crippen LogP contribution in [0.1, 0.15) is 19.9 Å². The minimum absolute atomic E-state index is 0.0179. The summed E-state index contributed by atoms with van der Waals surface area (Å²) in [5, 5.41) is 12.9. The van der Waals surface area contributed by atoms with Crippen molar-refractivity contribution < 1.29 is 9.90 Å². The van der Waals surface area contributed by atoms with Gasteiger partial charge in [-0.15, -0.1) is 0 Å². The lowest BCUT2D eigenvalue weighted by molar-refractivity contribution is -0.142. The van der Waals surface area contributed by atoms with Crippen LogP contribution in [0.3, 0.4) is 0 Å². The Balaban J connectivity index is 2.95. The molecule has 0 bridgehead atoms. The molecule has 1 heterocycles. The van der Waals surface area contributed by atoms with Crippen LogP contribution in [0, 0.1) is 5.92 Å². The second kappa shape index (κ2) is 3.91. The first kappa shape index (κ1) is 10.2. The van der Waals surface area contributed by atoms with Crippen molar-refractivity contribution >= 4 is 21.9 Å². The summed E-state index contributed by atoms with van der Waals surface area (Å²) in [6.07, 6.45) is 3.25. The summed E-state index contributed by atoms with van der Waals surface area (Å²) in [7, 11) is 0. The molecule has 0 saturated carbocycles. The molecule has 0 amide bonds. The van der Waals surface area contributed by atoms with Crippen LogP contribution < -0.4 is 0 Å². The molecular weight excluding hydrogens is 236 g/mol. The van der Waals surface area contributed by atoms with E-state index in [9.17, 15) is 4.79 Å². The number of rotatable bonds is 3. The number of nitrogens with zero attached hydrogens (tertiary/aromatic N) is 2. The molecule has 1 N–H and O–H groups in total. The number of hydrogen-bond acceptors (Lipinski definition) is 2. The van der Waals surface area contributed by atoms with Crippen LogP contribution in [0.4, 0.5) is 0 Å². The molecule has 0 saturated heterocycles. The van der Waals surface area contributed by atoms with Crippen LogP contribution in [-0.4, -0.2) is 20.9 Å². The molecule has 0 spiro atoms. The van der Waals surface area contributed by atoms with Gasteiger partial charge in [0, 0.05) is 6.20 Å². The molecular formula is C8H11BrN2O2. The van der Waals surface area contributed by atoms with Crippen LogP contribution in [0.5, 0.6) is 0 Å². The van der Waals surface area contributed by atoms with Gasteiger partial charge in [-0.1, -0.05) is 13.8 Å². The van der Waals surface area contributed by atoms with Gasteiger partial charge in [0.15, 0.2) is 6.04 Å². The standard InChI is InChI=1S/C8H11BrN2O2/c1-5(2)7(8(12)13)11-4-6(9)3-10-11/h3-5,7H,1-2H3,(H,12,13)/t7-/m0/s1. The third kappa shape index (κ3) is 2.30. The fourth-order valence-corrected chi connectivity index (χ4v) is 1.47. The molecule has 0 aliphatic heterocycles. The normalized spacial score (nSPS) is 13.2. The third-order valence-corrected chi connectivity index (χ3v) is 2.15. The maximum atomic E-state index is 10.9. The van der Waals surface area contributed by atoms with Gasteiger partial charge in [0.05, 0.1) is 10.7 Å². The first-order valence-corrected chi connectivity index (χ1v) is 4.74. The maximum Gasteiger partial charge on any atom is 0.328 e. The van der Waals surface area contributed by atoms with E-state index < -0.39 is 12.0 Å². The highest BCUT2D eigenvalue weighted by atomic mass is 79.9. The number of carboxylic acid groups (broad SMARTS) is 1. The van der Waals surface area contributed by atoms with Crippen molar-refractivity contribution in [1.82, 2.24) is 9.78 Å². The van der Waals surface area contributed by atoms with Crippen molar-refractivity contribution in [1.29, 1.82) is 0 Å². The molecule has 4 nitrogen and oxygen atoms in total. The zero-order valence-electron chi connectivity index (χ0n) is 7.44. The van der Waals surface area contributed by atoms with Crippen molar-refractivity contribution in [3.8, 4) is 0 Å². The molecule has 72 valence electrons. The van der Waals surface area contributed by atoms with Crippen LogP contribution in [0.25, 0.3) is 0 Å². The minimum atomic E-state index is -0.856. The lowest BCUT2D eigenvalue weighted by Crippen LogP contribution is -2.24. The fourth-order valence-electron chi connectivity index (χ4n) is 1.17. The highest BCUT2D eigenvalue weighted by molar-refractivity contribution is 9.10. The molecule has 1 aromatic rings. The first-order chi connectivity index (χ1) is 6.02. The van der Waals surface area contributed by atoms with E-state index in [-0.39, 0.29) is 5.92 Å². The molecule has 0 aliphatic rings. The van der Waals surface area contributed by atoms with Crippen molar-refractivity contribution in [3.05, 3.63) is 16.9 Å². The zero-order chi connectivity index (χ0) is 10.0.